The van der Waals surface area contributed by atoms with Crippen molar-refractivity contribution in [2.24, 2.45) is 0 Å². The fraction of sp³-hybridized carbons (Fsp3) is 0.364. The molecule has 144 valence electrons. The van der Waals surface area contributed by atoms with Crippen LogP contribution in [0.1, 0.15) is 34.0 Å². The van der Waals surface area contributed by atoms with E-state index in [0.29, 0.717) is 0 Å². The predicted molar refractivity (Wildman–Crippen MR) is 113 cm³/mol. The van der Waals surface area contributed by atoms with E-state index in [4.69, 9.17) is 9.47 Å². The van der Waals surface area contributed by atoms with Crippen molar-refractivity contribution in [3.05, 3.63) is 58.3 Å². The standard InChI is InChI=1S/C22H26N2O2.ClH/c1-13-5-7-16-17-9-10-23-18(22(17)24-21(16)14(13)2)11-15-6-8-19(25-3)20(12-15)26-4;/h5-8,12,18,23-24H,9-11H2,1-4H3;1H. The first-order chi connectivity index (χ1) is 12.6. The molecule has 2 N–H and O–H groups in total. The van der Waals surface area contributed by atoms with E-state index in [0.717, 1.165) is 30.9 Å². The molecule has 1 atom stereocenters. The Morgan fingerprint density at radius 1 is 1.04 bits per heavy atom. The van der Waals surface area contributed by atoms with Gasteiger partial charge in [-0.25, -0.2) is 0 Å². The van der Waals surface area contributed by atoms with E-state index in [2.05, 4.69) is 48.4 Å². The minimum absolute atomic E-state index is 0. The molecule has 0 amide bonds. The van der Waals surface area contributed by atoms with Gasteiger partial charge in [0.2, 0.25) is 0 Å². The number of benzene rings is 2. The molecule has 2 aromatic carbocycles. The van der Waals surface area contributed by atoms with Crippen molar-refractivity contribution in [1.82, 2.24) is 10.3 Å². The second kappa shape index (κ2) is 7.83. The fourth-order valence-electron chi connectivity index (χ4n) is 4.04. The second-order valence-electron chi connectivity index (χ2n) is 7.10. The third-order valence-corrected chi connectivity index (χ3v) is 5.65. The van der Waals surface area contributed by atoms with E-state index in [-0.39, 0.29) is 18.4 Å². The van der Waals surface area contributed by atoms with Gasteiger partial charge >= 0.3 is 0 Å². The zero-order chi connectivity index (χ0) is 18.3. The molecule has 1 aliphatic rings. The van der Waals surface area contributed by atoms with Gasteiger partial charge in [0, 0.05) is 16.6 Å². The Labute approximate surface area is 166 Å². The highest BCUT2D eigenvalue weighted by molar-refractivity contribution is 5.88. The third-order valence-electron chi connectivity index (χ3n) is 5.65. The first-order valence-electron chi connectivity index (χ1n) is 9.17. The highest BCUT2D eigenvalue weighted by Crippen LogP contribution is 2.35. The molecule has 0 saturated heterocycles. The van der Waals surface area contributed by atoms with Crippen LogP contribution in [0.2, 0.25) is 0 Å². The van der Waals surface area contributed by atoms with E-state index in [9.17, 15) is 0 Å². The van der Waals surface area contributed by atoms with Crippen LogP contribution in [-0.4, -0.2) is 25.7 Å². The number of aromatic nitrogens is 1. The van der Waals surface area contributed by atoms with Gasteiger partial charge in [0.25, 0.3) is 0 Å². The Bertz CT molecular complexity index is 965. The molecule has 0 fully saturated rings. The van der Waals surface area contributed by atoms with Crippen LogP contribution >= 0.6 is 12.4 Å². The maximum absolute atomic E-state index is 5.46. The third kappa shape index (κ3) is 3.40. The number of ether oxygens (including phenoxy) is 2. The van der Waals surface area contributed by atoms with Crippen LogP contribution in [0.5, 0.6) is 11.5 Å². The van der Waals surface area contributed by atoms with Crippen molar-refractivity contribution in [3.63, 3.8) is 0 Å². The molecule has 0 bridgehead atoms. The smallest absolute Gasteiger partial charge is 0.160 e. The van der Waals surface area contributed by atoms with Gasteiger partial charge in [-0.05, 0) is 67.6 Å². The number of hydrogen-bond acceptors (Lipinski definition) is 3. The van der Waals surface area contributed by atoms with Crippen LogP contribution in [0.3, 0.4) is 0 Å². The van der Waals surface area contributed by atoms with Crippen LogP contribution < -0.4 is 14.8 Å². The van der Waals surface area contributed by atoms with Crippen LogP contribution in [0.15, 0.2) is 30.3 Å². The highest BCUT2D eigenvalue weighted by atomic mass is 35.5. The summed E-state index contributed by atoms with van der Waals surface area (Å²) in [5, 5.41) is 5.06. The normalized spacial score (nSPS) is 15.9. The van der Waals surface area contributed by atoms with Crippen LogP contribution in [-0.2, 0) is 12.8 Å². The number of halogens is 1. The summed E-state index contributed by atoms with van der Waals surface area (Å²) in [5.74, 6) is 1.55. The zero-order valence-electron chi connectivity index (χ0n) is 16.3. The van der Waals surface area contributed by atoms with Gasteiger partial charge in [-0.2, -0.15) is 0 Å². The summed E-state index contributed by atoms with van der Waals surface area (Å²) in [6, 6.07) is 11.0. The lowest BCUT2D eigenvalue weighted by Crippen LogP contribution is -2.31. The van der Waals surface area contributed by atoms with Crippen molar-refractivity contribution in [1.29, 1.82) is 0 Å². The quantitative estimate of drug-likeness (QED) is 0.685. The summed E-state index contributed by atoms with van der Waals surface area (Å²) in [7, 11) is 3.35. The molecule has 1 aliphatic heterocycles. The van der Waals surface area contributed by atoms with Gasteiger partial charge in [0.05, 0.1) is 20.3 Å². The lowest BCUT2D eigenvalue weighted by Gasteiger charge is -2.25. The summed E-state index contributed by atoms with van der Waals surface area (Å²) in [5.41, 5.74) is 8.00. The van der Waals surface area contributed by atoms with Gasteiger partial charge in [-0.1, -0.05) is 18.2 Å². The number of rotatable bonds is 4. The average Bonchev–Trinajstić information content (AvgIpc) is 3.05. The summed E-state index contributed by atoms with van der Waals surface area (Å²) in [6.07, 6.45) is 1.98. The maximum Gasteiger partial charge on any atom is 0.160 e. The largest absolute Gasteiger partial charge is 0.493 e. The van der Waals surface area contributed by atoms with E-state index >= 15 is 0 Å². The van der Waals surface area contributed by atoms with Gasteiger partial charge in [0.15, 0.2) is 11.5 Å². The van der Waals surface area contributed by atoms with E-state index in [1.54, 1.807) is 14.2 Å². The monoisotopic (exact) mass is 386 g/mol. The van der Waals surface area contributed by atoms with Gasteiger partial charge < -0.3 is 19.8 Å². The van der Waals surface area contributed by atoms with Gasteiger partial charge in [-0.15, -0.1) is 12.4 Å². The summed E-state index contributed by atoms with van der Waals surface area (Å²) >= 11 is 0. The van der Waals surface area contributed by atoms with Crippen molar-refractivity contribution >= 4 is 23.3 Å². The Kier molecular flexibility index (Phi) is 5.68. The molecule has 27 heavy (non-hydrogen) atoms. The molecule has 5 heteroatoms. The molecule has 3 aromatic rings. The topological polar surface area (TPSA) is 46.3 Å². The number of nitrogens with one attached hydrogen (secondary N) is 2. The fourth-order valence-corrected chi connectivity index (χ4v) is 4.04. The molecule has 0 saturated carbocycles. The van der Waals surface area contributed by atoms with Crippen LogP contribution in [0, 0.1) is 13.8 Å². The Hall–Kier alpha value is -2.17. The number of H-pyrrole nitrogens is 1. The molecule has 2 heterocycles. The molecule has 0 spiro atoms. The Morgan fingerprint density at radius 2 is 1.81 bits per heavy atom. The van der Waals surface area contributed by atoms with Crippen molar-refractivity contribution < 1.29 is 9.47 Å². The number of fused-ring (bicyclic) bond motifs is 3. The molecule has 1 aromatic heterocycles. The second-order valence-corrected chi connectivity index (χ2v) is 7.10. The number of aryl methyl sites for hydroxylation is 2. The summed E-state index contributed by atoms with van der Waals surface area (Å²) < 4.78 is 10.8. The lowest BCUT2D eigenvalue weighted by molar-refractivity contribution is 0.354. The molecular weight excluding hydrogens is 360 g/mol. The lowest BCUT2D eigenvalue weighted by atomic mass is 9.94. The molecule has 0 radical (unpaired) electrons. The van der Waals surface area contributed by atoms with E-state index in [1.165, 1.54) is 38.9 Å². The number of aromatic amines is 1. The predicted octanol–water partition coefficient (Wildman–Crippen LogP) is 4.65. The van der Waals surface area contributed by atoms with Gasteiger partial charge in [-0.3, -0.25) is 0 Å². The zero-order valence-corrected chi connectivity index (χ0v) is 17.1. The highest BCUT2D eigenvalue weighted by Gasteiger charge is 2.25. The SMILES string of the molecule is COc1ccc(CC2NCCc3c2[nH]c2c(C)c(C)ccc32)cc1OC.Cl. The first-order valence-corrected chi connectivity index (χ1v) is 9.17. The number of hydrogen-bond donors (Lipinski definition) is 2. The van der Waals surface area contributed by atoms with Crippen molar-refractivity contribution in [2.45, 2.75) is 32.7 Å². The maximum atomic E-state index is 5.46. The van der Waals surface area contributed by atoms with Gasteiger partial charge in [0.1, 0.15) is 0 Å². The van der Waals surface area contributed by atoms with Crippen LogP contribution in [0.25, 0.3) is 10.9 Å². The Balaban J connectivity index is 0.00000210. The van der Waals surface area contributed by atoms with E-state index in [1.807, 2.05) is 6.07 Å². The van der Waals surface area contributed by atoms with E-state index < -0.39 is 0 Å². The molecule has 1 unspecified atom stereocenters. The minimum Gasteiger partial charge on any atom is -0.493 e. The molecule has 0 aliphatic carbocycles. The number of methoxy groups -OCH3 is 2. The summed E-state index contributed by atoms with van der Waals surface area (Å²) in [6.45, 7) is 5.38. The Morgan fingerprint density at radius 3 is 2.56 bits per heavy atom. The summed E-state index contributed by atoms with van der Waals surface area (Å²) in [4.78, 5) is 3.73. The van der Waals surface area contributed by atoms with Crippen molar-refractivity contribution in [3.8, 4) is 11.5 Å². The average molecular weight is 387 g/mol. The molecule has 4 rings (SSSR count). The minimum atomic E-state index is 0. The molecule has 4 nitrogen and oxygen atoms in total. The van der Waals surface area contributed by atoms with Crippen molar-refractivity contribution in [2.75, 3.05) is 20.8 Å². The molecular formula is C22H27ClN2O2. The first kappa shape index (κ1) is 19.6. The van der Waals surface area contributed by atoms with Crippen LogP contribution in [0.4, 0.5) is 0 Å².